The molecule has 0 aromatic heterocycles. The monoisotopic (exact) mass is 242 g/mol. The van der Waals surface area contributed by atoms with Crippen molar-refractivity contribution < 1.29 is 14.6 Å². The first-order chi connectivity index (χ1) is 8.70. The molecule has 0 bridgehead atoms. The summed E-state index contributed by atoms with van der Waals surface area (Å²) in [4.78, 5) is 11.1. The fraction of sp³-hybridized carbons (Fsp3) is 0.133. The Morgan fingerprint density at radius 1 is 1.11 bits per heavy atom. The Bertz CT molecular complexity index is 544. The molecule has 92 valence electrons. The van der Waals surface area contributed by atoms with Crippen LogP contribution >= 0.6 is 0 Å². The zero-order valence-corrected chi connectivity index (χ0v) is 10.1. The van der Waals surface area contributed by atoms with Crippen molar-refractivity contribution in [3.05, 3.63) is 54.1 Å². The minimum atomic E-state index is -0.259. The third-order valence-corrected chi connectivity index (χ3v) is 2.75. The zero-order chi connectivity index (χ0) is 13.0. The van der Waals surface area contributed by atoms with Gasteiger partial charge in [-0.15, -0.1) is 0 Å². The van der Waals surface area contributed by atoms with Crippen molar-refractivity contribution >= 4 is 5.97 Å². The van der Waals surface area contributed by atoms with Gasteiger partial charge in [-0.1, -0.05) is 42.5 Å². The van der Waals surface area contributed by atoms with Gasteiger partial charge < -0.3 is 9.84 Å². The van der Waals surface area contributed by atoms with Crippen LogP contribution in [0.5, 0.6) is 5.75 Å². The van der Waals surface area contributed by atoms with Gasteiger partial charge in [0.1, 0.15) is 5.75 Å². The van der Waals surface area contributed by atoms with Gasteiger partial charge in [0.25, 0.3) is 0 Å². The van der Waals surface area contributed by atoms with E-state index in [4.69, 9.17) is 0 Å². The van der Waals surface area contributed by atoms with Crippen molar-refractivity contribution in [3.8, 4) is 16.9 Å². The predicted molar refractivity (Wildman–Crippen MR) is 69.3 cm³/mol. The average Bonchev–Trinajstić information content (AvgIpc) is 2.40. The van der Waals surface area contributed by atoms with E-state index in [0.29, 0.717) is 0 Å². The van der Waals surface area contributed by atoms with Crippen LogP contribution in [-0.2, 0) is 16.0 Å². The molecule has 18 heavy (non-hydrogen) atoms. The highest BCUT2D eigenvalue weighted by Gasteiger charge is 2.05. The van der Waals surface area contributed by atoms with Crippen molar-refractivity contribution in [2.45, 2.75) is 6.42 Å². The molecule has 0 saturated heterocycles. The third kappa shape index (κ3) is 2.69. The van der Waals surface area contributed by atoms with Crippen molar-refractivity contribution in [3.63, 3.8) is 0 Å². The van der Waals surface area contributed by atoms with Gasteiger partial charge in [-0.2, -0.15) is 0 Å². The Labute approximate surface area is 106 Å². The summed E-state index contributed by atoms with van der Waals surface area (Å²) in [6, 6.07) is 14.6. The summed E-state index contributed by atoms with van der Waals surface area (Å²) in [5, 5.41) is 9.74. The van der Waals surface area contributed by atoms with Crippen LogP contribution in [0.2, 0.25) is 0 Å². The Balaban J connectivity index is 2.23. The summed E-state index contributed by atoms with van der Waals surface area (Å²) in [6.07, 6.45) is 0.261. The van der Waals surface area contributed by atoms with Crippen molar-refractivity contribution in [1.29, 1.82) is 0 Å². The number of phenolic OH excluding ortho intramolecular Hbond substituents is 1. The highest BCUT2D eigenvalue weighted by atomic mass is 16.5. The molecular weight excluding hydrogens is 228 g/mol. The number of rotatable bonds is 3. The van der Waals surface area contributed by atoms with Gasteiger partial charge in [0.15, 0.2) is 0 Å². The summed E-state index contributed by atoms with van der Waals surface area (Å²) in [5.74, 6) is -0.0106. The van der Waals surface area contributed by atoms with Crippen LogP contribution in [-0.4, -0.2) is 18.2 Å². The molecule has 0 aliphatic heterocycles. The van der Waals surface area contributed by atoms with Gasteiger partial charge in [0.2, 0.25) is 0 Å². The smallest absolute Gasteiger partial charge is 0.309 e. The fourth-order valence-corrected chi connectivity index (χ4v) is 1.76. The summed E-state index contributed by atoms with van der Waals surface area (Å²) in [5.41, 5.74) is 2.59. The maximum atomic E-state index is 11.1. The molecule has 0 unspecified atom stereocenters. The van der Waals surface area contributed by atoms with E-state index < -0.39 is 0 Å². The van der Waals surface area contributed by atoms with Crippen LogP contribution in [0.15, 0.2) is 48.5 Å². The number of esters is 1. The van der Waals surface area contributed by atoms with Crippen LogP contribution in [0.1, 0.15) is 5.56 Å². The molecule has 0 atom stereocenters. The number of benzene rings is 2. The minimum Gasteiger partial charge on any atom is -0.507 e. The second-order valence-corrected chi connectivity index (χ2v) is 3.97. The largest absolute Gasteiger partial charge is 0.507 e. The average molecular weight is 242 g/mol. The molecule has 1 N–H and O–H groups in total. The zero-order valence-electron chi connectivity index (χ0n) is 10.1. The topological polar surface area (TPSA) is 46.5 Å². The third-order valence-electron chi connectivity index (χ3n) is 2.75. The van der Waals surface area contributed by atoms with E-state index in [1.807, 2.05) is 36.4 Å². The predicted octanol–water partition coefficient (Wildman–Crippen LogP) is 2.77. The first-order valence-electron chi connectivity index (χ1n) is 5.65. The maximum absolute atomic E-state index is 11.1. The van der Waals surface area contributed by atoms with Crippen molar-refractivity contribution in [1.82, 2.24) is 0 Å². The quantitative estimate of drug-likeness (QED) is 0.842. The van der Waals surface area contributed by atoms with Gasteiger partial charge in [0.05, 0.1) is 13.5 Å². The SMILES string of the molecule is COC(=O)Cc1ccc(-c2ccccc2O)cc1. The Kier molecular flexibility index (Phi) is 3.63. The van der Waals surface area contributed by atoms with Crippen LogP contribution in [0, 0.1) is 0 Å². The number of para-hydroxylation sites is 1. The molecule has 0 aliphatic carbocycles. The lowest BCUT2D eigenvalue weighted by molar-refractivity contribution is -0.139. The van der Waals surface area contributed by atoms with E-state index >= 15 is 0 Å². The first kappa shape index (κ1) is 12.2. The molecule has 2 aromatic carbocycles. The van der Waals surface area contributed by atoms with E-state index in [2.05, 4.69) is 4.74 Å². The summed E-state index contributed by atoms with van der Waals surface area (Å²) in [7, 11) is 1.37. The van der Waals surface area contributed by atoms with Gasteiger partial charge in [-0.3, -0.25) is 4.79 Å². The maximum Gasteiger partial charge on any atom is 0.309 e. The Morgan fingerprint density at radius 3 is 2.39 bits per heavy atom. The molecule has 0 radical (unpaired) electrons. The van der Waals surface area contributed by atoms with E-state index in [1.54, 1.807) is 12.1 Å². The molecule has 0 saturated carbocycles. The molecule has 3 heteroatoms. The van der Waals surface area contributed by atoms with Crippen LogP contribution in [0.25, 0.3) is 11.1 Å². The van der Waals surface area contributed by atoms with E-state index in [0.717, 1.165) is 16.7 Å². The van der Waals surface area contributed by atoms with Crippen LogP contribution in [0.3, 0.4) is 0 Å². The Hall–Kier alpha value is -2.29. The fourth-order valence-electron chi connectivity index (χ4n) is 1.76. The van der Waals surface area contributed by atoms with Gasteiger partial charge in [-0.05, 0) is 17.2 Å². The number of hydrogen-bond acceptors (Lipinski definition) is 3. The number of methoxy groups -OCH3 is 1. The summed E-state index contributed by atoms with van der Waals surface area (Å²) < 4.78 is 4.61. The van der Waals surface area contributed by atoms with Crippen molar-refractivity contribution in [2.24, 2.45) is 0 Å². The molecule has 0 fully saturated rings. The molecule has 3 nitrogen and oxygen atoms in total. The van der Waals surface area contributed by atoms with Crippen LogP contribution in [0.4, 0.5) is 0 Å². The second-order valence-electron chi connectivity index (χ2n) is 3.97. The second kappa shape index (κ2) is 5.36. The number of ether oxygens (including phenoxy) is 1. The number of carbonyl (C=O) groups excluding carboxylic acids is 1. The van der Waals surface area contributed by atoms with Gasteiger partial charge >= 0.3 is 5.97 Å². The number of aromatic hydroxyl groups is 1. The van der Waals surface area contributed by atoms with Gasteiger partial charge in [-0.25, -0.2) is 0 Å². The molecular formula is C15H14O3. The standard InChI is InChI=1S/C15H14O3/c1-18-15(17)10-11-6-8-12(9-7-11)13-4-2-3-5-14(13)16/h2-9,16H,10H2,1H3. The molecule has 2 aromatic rings. The van der Waals surface area contributed by atoms with E-state index in [1.165, 1.54) is 7.11 Å². The van der Waals surface area contributed by atoms with Crippen molar-refractivity contribution in [2.75, 3.05) is 7.11 Å². The summed E-state index contributed by atoms with van der Waals surface area (Å²) in [6.45, 7) is 0. The highest BCUT2D eigenvalue weighted by molar-refractivity contribution is 5.74. The molecule has 0 aliphatic rings. The summed E-state index contributed by atoms with van der Waals surface area (Å²) >= 11 is 0. The molecule has 0 spiro atoms. The lowest BCUT2D eigenvalue weighted by atomic mass is 10.0. The van der Waals surface area contributed by atoms with E-state index in [9.17, 15) is 9.90 Å². The lowest BCUT2D eigenvalue weighted by Crippen LogP contribution is -2.04. The number of carbonyl (C=O) groups is 1. The highest BCUT2D eigenvalue weighted by Crippen LogP contribution is 2.28. The molecule has 0 heterocycles. The Morgan fingerprint density at radius 2 is 1.78 bits per heavy atom. The minimum absolute atomic E-state index is 0.248. The molecule has 2 rings (SSSR count). The number of phenols is 1. The number of hydrogen-bond donors (Lipinski definition) is 1. The lowest BCUT2D eigenvalue weighted by Gasteiger charge is -2.05. The van der Waals surface area contributed by atoms with E-state index in [-0.39, 0.29) is 18.1 Å². The first-order valence-corrected chi connectivity index (χ1v) is 5.65. The van der Waals surface area contributed by atoms with Gasteiger partial charge in [0, 0.05) is 5.56 Å². The molecule has 0 amide bonds. The normalized spacial score (nSPS) is 10.1. The van der Waals surface area contributed by atoms with Crippen LogP contribution < -0.4 is 0 Å².